The lowest BCUT2D eigenvalue weighted by Gasteiger charge is -2.28. The summed E-state index contributed by atoms with van der Waals surface area (Å²) in [5, 5.41) is 30.6. The van der Waals surface area contributed by atoms with Gasteiger partial charge < -0.3 is 47.6 Å². The Labute approximate surface area is 373 Å². The molecule has 62 heavy (non-hydrogen) atoms. The number of esters is 2. The minimum Gasteiger partial charge on any atom is -0.756 e. The minimum absolute atomic E-state index is 0.0883. The fraction of sp³-hybridized carbons (Fsp3) is 0.708. The Balaban J connectivity index is 2.53. The van der Waals surface area contributed by atoms with E-state index >= 15 is 0 Å². The first kappa shape index (κ1) is 57.1. The van der Waals surface area contributed by atoms with E-state index in [0.717, 1.165) is 88.6 Å². The predicted molar refractivity (Wildman–Crippen MR) is 243 cm³/mol. The molecule has 3 N–H and O–H groups in total. The number of nitrogens with zero attached hydrogens (tertiary/aromatic N) is 1. The van der Waals surface area contributed by atoms with Crippen LogP contribution in [0.15, 0.2) is 53.0 Å². The molecule has 1 unspecified atom stereocenters. The predicted octanol–water partition coefficient (Wildman–Crippen LogP) is 8.62. The zero-order valence-electron chi connectivity index (χ0n) is 39.1. The number of unbranched alkanes of at least 4 members (excludes halogenated alkanes) is 9. The zero-order chi connectivity index (χ0) is 46.2. The van der Waals surface area contributed by atoms with E-state index in [4.69, 9.17) is 22.9 Å². The van der Waals surface area contributed by atoms with Crippen LogP contribution in [0.1, 0.15) is 146 Å². The van der Waals surface area contributed by atoms with Crippen molar-refractivity contribution in [3.05, 3.63) is 71.3 Å². The summed E-state index contributed by atoms with van der Waals surface area (Å²) in [7, 11) is 0.916. The molecule has 0 fully saturated rings. The first-order valence-electron chi connectivity index (χ1n) is 23.0. The number of aryl methyl sites for hydroxylation is 2. The van der Waals surface area contributed by atoms with Gasteiger partial charge in [-0.2, -0.15) is 0 Å². The molecule has 5 atom stereocenters. The van der Waals surface area contributed by atoms with Gasteiger partial charge in [0.05, 0.1) is 46.1 Å². The highest BCUT2D eigenvalue weighted by molar-refractivity contribution is 7.45. The largest absolute Gasteiger partial charge is 0.756 e. The van der Waals surface area contributed by atoms with E-state index in [9.17, 15) is 34.4 Å². The number of hydrogen-bond donors (Lipinski definition) is 3. The monoisotopic (exact) mass is 896 g/mol. The molecule has 13 nitrogen and oxygen atoms in total. The lowest BCUT2D eigenvalue weighted by atomic mass is 10.0. The maximum atomic E-state index is 12.8. The SMILES string of the molecule is CCCCCc1oc(CCCCCCCCC(=O)OC[C@H](COP(=O)([O-])OCC[N+](C)(C)C)OC(=O)CCC[C@H](O)[C@@H](O)/C=C/C=C/C=C\C=C\[C@@H](O)CCCCC)c(C)c1C. The van der Waals surface area contributed by atoms with Gasteiger partial charge in [0.2, 0.25) is 0 Å². The van der Waals surface area contributed by atoms with Gasteiger partial charge in [-0.15, -0.1) is 0 Å². The smallest absolute Gasteiger partial charge is 0.306 e. The lowest BCUT2D eigenvalue weighted by molar-refractivity contribution is -0.870. The first-order chi connectivity index (χ1) is 29.5. The Morgan fingerprint density at radius 1 is 0.694 bits per heavy atom. The van der Waals surface area contributed by atoms with Crippen molar-refractivity contribution in [2.24, 2.45) is 0 Å². The number of aliphatic hydroxyl groups is 3. The Hall–Kier alpha value is -2.87. The van der Waals surface area contributed by atoms with Crippen molar-refractivity contribution in [2.75, 3.05) is 47.5 Å². The van der Waals surface area contributed by atoms with Crippen molar-refractivity contribution in [1.82, 2.24) is 0 Å². The van der Waals surface area contributed by atoms with Crippen LogP contribution in [-0.2, 0) is 45.5 Å². The van der Waals surface area contributed by atoms with Crippen molar-refractivity contribution in [1.29, 1.82) is 0 Å². The summed E-state index contributed by atoms with van der Waals surface area (Å²) in [6.07, 6.45) is 24.9. The number of phosphoric ester groups is 1. The number of aliphatic hydroxyl groups excluding tert-OH is 3. The molecule has 356 valence electrons. The number of ether oxygens (including phenoxy) is 2. The highest BCUT2D eigenvalue weighted by Crippen LogP contribution is 2.38. The van der Waals surface area contributed by atoms with Gasteiger partial charge in [-0.25, -0.2) is 0 Å². The average Bonchev–Trinajstić information content (AvgIpc) is 3.48. The van der Waals surface area contributed by atoms with Gasteiger partial charge in [0.15, 0.2) is 6.10 Å². The van der Waals surface area contributed by atoms with Crippen LogP contribution < -0.4 is 4.89 Å². The summed E-state index contributed by atoms with van der Waals surface area (Å²) in [6, 6.07) is 0. The van der Waals surface area contributed by atoms with Crippen LogP contribution in [0.25, 0.3) is 0 Å². The van der Waals surface area contributed by atoms with Crippen LogP contribution in [0.3, 0.4) is 0 Å². The van der Waals surface area contributed by atoms with E-state index in [2.05, 4.69) is 27.7 Å². The number of quaternary nitrogens is 1. The van der Waals surface area contributed by atoms with Gasteiger partial charge in [-0.3, -0.25) is 14.2 Å². The summed E-state index contributed by atoms with van der Waals surface area (Å²) in [5.74, 6) is 1.03. The maximum Gasteiger partial charge on any atom is 0.306 e. The van der Waals surface area contributed by atoms with Gasteiger partial charge in [-0.1, -0.05) is 120 Å². The number of hydrogen-bond acceptors (Lipinski definition) is 12. The number of allylic oxidation sites excluding steroid dienone is 6. The van der Waals surface area contributed by atoms with Gasteiger partial charge in [0, 0.05) is 25.7 Å². The molecule has 0 spiro atoms. The summed E-state index contributed by atoms with van der Waals surface area (Å²) < 4.78 is 39.9. The molecule has 0 aliphatic heterocycles. The third kappa shape index (κ3) is 29.5. The number of carbonyl (C=O) groups excluding carboxylic acids is 2. The molecule has 1 heterocycles. The number of furan rings is 1. The van der Waals surface area contributed by atoms with Crippen LogP contribution in [-0.4, -0.2) is 104 Å². The van der Waals surface area contributed by atoms with Crippen LogP contribution >= 0.6 is 7.82 Å². The number of likely N-dealkylation sites (N-methyl/N-ethyl adjacent to an activating group) is 1. The van der Waals surface area contributed by atoms with Crippen molar-refractivity contribution >= 4 is 19.8 Å². The molecule has 0 aliphatic carbocycles. The highest BCUT2D eigenvalue weighted by Gasteiger charge is 2.22. The average molecular weight is 896 g/mol. The summed E-state index contributed by atoms with van der Waals surface area (Å²) in [4.78, 5) is 37.8. The van der Waals surface area contributed by atoms with Gasteiger partial charge in [0.25, 0.3) is 7.82 Å². The Bertz CT molecular complexity index is 1530. The summed E-state index contributed by atoms with van der Waals surface area (Å²) in [6.45, 7) is 7.92. The molecule has 1 aromatic rings. The van der Waals surface area contributed by atoms with Crippen LogP contribution in [0.4, 0.5) is 0 Å². The van der Waals surface area contributed by atoms with Crippen LogP contribution in [0.2, 0.25) is 0 Å². The molecule has 1 rings (SSSR count). The topological polar surface area (TPSA) is 185 Å². The minimum atomic E-state index is -4.74. The summed E-state index contributed by atoms with van der Waals surface area (Å²) in [5.41, 5.74) is 2.56. The molecule has 0 amide bonds. The Morgan fingerprint density at radius 3 is 1.87 bits per heavy atom. The number of carbonyl (C=O) groups is 2. The van der Waals surface area contributed by atoms with Gasteiger partial charge in [0.1, 0.15) is 31.3 Å². The van der Waals surface area contributed by atoms with Gasteiger partial charge in [-0.05, 0) is 63.5 Å². The van der Waals surface area contributed by atoms with Crippen molar-refractivity contribution in [3.63, 3.8) is 0 Å². The van der Waals surface area contributed by atoms with E-state index in [1.807, 2.05) is 21.1 Å². The van der Waals surface area contributed by atoms with E-state index in [-0.39, 0.29) is 32.3 Å². The van der Waals surface area contributed by atoms with E-state index < -0.39 is 57.4 Å². The molecule has 0 bridgehead atoms. The fourth-order valence-corrected chi connectivity index (χ4v) is 7.06. The molecule has 14 heteroatoms. The Kier molecular flexibility index (Phi) is 31.0. The quantitative estimate of drug-likeness (QED) is 0.0190. The molecule has 0 saturated heterocycles. The van der Waals surface area contributed by atoms with Crippen molar-refractivity contribution in [3.8, 4) is 0 Å². The number of phosphoric acid groups is 1. The first-order valence-corrected chi connectivity index (χ1v) is 24.5. The molecule has 0 radical (unpaired) electrons. The fourth-order valence-electron chi connectivity index (χ4n) is 6.33. The van der Waals surface area contributed by atoms with E-state index in [1.54, 1.807) is 42.5 Å². The second-order valence-electron chi connectivity index (χ2n) is 17.2. The van der Waals surface area contributed by atoms with E-state index in [1.165, 1.54) is 30.0 Å². The lowest BCUT2D eigenvalue weighted by Crippen LogP contribution is -2.37. The normalized spacial score (nSPS) is 15.5. The molecule has 0 aromatic carbocycles. The Morgan fingerprint density at radius 2 is 1.24 bits per heavy atom. The standard InChI is InChI=1S/C48H82NO12P/c1-8-10-20-27-41(50)28-22-16-12-13-17-23-29-43(51)44(52)30-26-34-48(54)60-42(38-59-62(55,56)58-36-35-49(5,6)7)37-57-47(53)33-25-19-15-14-18-24-32-46-40(4)39(3)45(61-46)31-21-11-9-2/h12-13,16-17,22-23,28-29,41-44,50-52H,8-11,14-15,18-21,24-27,30-38H2,1-7H3/b16-12-,17-13+,28-22+,29-23+/t41-,42+,43-,44-/m0/s1. The second kappa shape index (κ2) is 33.6. The molecule has 0 saturated carbocycles. The molecular weight excluding hydrogens is 813 g/mol. The number of rotatable bonds is 37. The third-order valence-electron chi connectivity index (χ3n) is 10.4. The molecule has 0 aliphatic rings. The van der Waals surface area contributed by atoms with Crippen molar-refractivity contribution < 1.29 is 61.8 Å². The van der Waals surface area contributed by atoms with Crippen molar-refractivity contribution in [2.45, 2.75) is 174 Å². The van der Waals surface area contributed by atoms with Gasteiger partial charge >= 0.3 is 11.9 Å². The summed E-state index contributed by atoms with van der Waals surface area (Å²) >= 11 is 0. The highest BCUT2D eigenvalue weighted by atomic mass is 31.2. The maximum absolute atomic E-state index is 12.8. The second-order valence-corrected chi connectivity index (χ2v) is 18.6. The van der Waals surface area contributed by atoms with E-state index in [0.29, 0.717) is 17.4 Å². The zero-order valence-corrected chi connectivity index (χ0v) is 40.0. The van der Waals surface area contributed by atoms with Crippen LogP contribution in [0.5, 0.6) is 0 Å². The third-order valence-corrected chi connectivity index (χ3v) is 11.4. The molecular formula is C48H82NO12P. The molecule has 1 aromatic heterocycles. The van der Waals surface area contributed by atoms with Crippen LogP contribution in [0, 0.1) is 13.8 Å².